The van der Waals surface area contributed by atoms with Crippen molar-refractivity contribution in [3.63, 3.8) is 0 Å². The molecule has 4 saturated carbocycles. The largest absolute Gasteiger partial charge is 0.310 e. The highest BCUT2D eigenvalue weighted by Crippen LogP contribution is 2.55. The van der Waals surface area contributed by atoms with E-state index in [9.17, 15) is 0 Å². The van der Waals surface area contributed by atoms with E-state index in [4.69, 9.17) is 0 Å². The Kier molecular flexibility index (Phi) is 12.6. The van der Waals surface area contributed by atoms with Gasteiger partial charge in [0.2, 0.25) is 0 Å². The van der Waals surface area contributed by atoms with Crippen molar-refractivity contribution in [2.45, 2.75) is 191 Å². The molecule has 1 unspecified atom stereocenters. The molecule has 6 aromatic rings. The van der Waals surface area contributed by atoms with Crippen molar-refractivity contribution in [2.75, 3.05) is 4.90 Å². The minimum Gasteiger partial charge on any atom is -0.310 e. The average molecular weight is 884 g/mol. The van der Waals surface area contributed by atoms with Crippen LogP contribution in [-0.2, 0) is 10.8 Å². The molecule has 1 nitrogen and oxygen atoms in total. The van der Waals surface area contributed by atoms with E-state index < -0.39 is 0 Å². The summed E-state index contributed by atoms with van der Waals surface area (Å²) in [6.45, 7) is 9.41. The van der Waals surface area contributed by atoms with Gasteiger partial charge < -0.3 is 4.90 Å². The minimum atomic E-state index is -0.283. The molecular formula is C66H77N. The number of rotatable bonds is 9. The molecule has 0 bridgehead atoms. The van der Waals surface area contributed by atoms with Crippen LogP contribution < -0.4 is 4.90 Å². The van der Waals surface area contributed by atoms with Crippen molar-refractivity contribution < 1.29 is 0 Å². The molecule has 0 saturated heterocycles. The first kappa shape index (κ1) is 44.6. The van der Waals surface area contributed by atoms with Gasteiger partial charge in [-0.2, -0.15) is 0 Å². The van der Waals surface area contributed by atoms with Crippen molar-refractivity contribution in [2.24, 2.45) is 0 Å². The van der Waals surface area contributed by atoms with Crippen molar-refractivity contribution in [1.29, 1.82) is 0 Å². The number of hydrogen-bond acceptors (Lipinski definition) is 1. The van der Waals surface area contributed by atoms with Gasteiger partial charge in [-0.05, 0) is 191 Å². The highest BCUT2D eigenvalue weighted by Gasteiger charge is 2.41. The van der Waals surface area contributed by atoms with E-state index in [0.717, 1.165) is 5.92 Å². The standard InChI is InChI=1S/C66H77N/c1-65(2,3)53-33-35-54(36-34-53)66(4)62-28-18-17-27-58(62)59-42-41-57(45-63(59)66)67(55-37-29-47(30-38-55)46-19-9-5-10-20-46)56-39-31-48(32-40-56)52-43-60(49-21-11-6-12-22-49)64(51-25-15-8-16-26-51)61(44-52)50-23-13-7-14-24-50/h17-18,27-46,49-51H,5-16,19-26H2,1-4H3. The Balaban J connectivity index is 1.02. The van der Waals surface area contributed by atoms with E-state index in [1.165, 1.54) is 196 Å². The van der Waals surface area contributed by atoms with E-state index in [2.05, 4.69) is 160 Å². The van der Waals surface area contributed by atoms with Crippen molar-refractivity contribution in [1.82, 2.24) is 0 Å². The maximum atomic E-state index is 2.72. The Morgan fingerprint density at radius 3 is 1.45 bits per heavy atom. The Hall–Kier alpha value is -4.88. The molecule has 0 amide bonds. The fourth-order valence-corrected chi connectivity index (χ4v) is 14.0. The minimum absolute atomic E-state index is 0.106. The van der Waals surface area contributed by atoms with Gasteiger partial charge in [0.1, 0.15) is 0 Å². The summed E-state index contributed by atoms with van der Waals surface area (Å²) in [7, 11) is 0. The van der Waals surface area contributed by atoms with Crippen LogP contribution in [0.3, 0.4) is 0 Å². The van der Waals surface area contributed by atoms with Crippen LogP contribution in [0.2, 0.25) is 0 Å². The Bertz CT molecular complexity index is 2590. The van der Waals surface area contributed by atoms with E-state index in [1.807, 2.05) is 5.56 Å². The summed E-state index contributed by atoms with van der Waals surface area (Å²) < 4.78 is 0. The fourth-order valence-electron chi connectivity index (χ4n) is 14.0. The highest BCUT2D eigenvalue weighted by molar-refractivity contribution is 5.87. The molecule has 0 aromatic heterocycles. The number of nitrogens with zero attached hydrogens (tertiary/aromatic N) is 1. The van der Waals surface area contributed by atoms with Crippen LogP contribution in [0, 0.1) is 0 Å². The lowest BCUT2D eigenvalue weighted by Gasteiger charge is -2.35. The molecule has 6 aromatic carbocycles. The predicted molar refractivity (Wildman–Crippen MR) is 286 cm³/mol. The van der Waals surface area contributed by atoms with Gasteiger partial charge in [-0.25, -0.2) is 0 Å². The Morgan fingerprint density at radius 2 is 0.896 bits per heavy atom. The molecule has 346 valence electrons. The molecule has 1 heteroatoms. The number of anilines is 3. The molecule has 0 spiro atoms. The van der Waals surface area contributed by atoms with Crippen molar-refractivity contribution in [3.8, 4) is 22.3 Å². The lowest BCUT2D eigenvalue weighted by atomic mass is 9.70. The zero-order chi connectivity index (χ0) is 45.5. The van der Waals surface area contributed by atoms with E-state index in [-0.39, 0.29) is 10.8 Å². The van der Waals surface area contributed by atoms with Gasteiger partial charge in [-0.3, -0.25) is 0 Å². The van der Waals surface area contributed by atoms with Gasteiger partial charge in [0, 0.05) is 22.5 Å². The lowest BCUT2D eigenvalue weighted by molar-refractivity contribution is 0.404. The summed E-state index contributed by atoms with van der Waals surface area (Å²) in [5, 5.41) is 0. The Labute approximate surface area is 404 Å². The number of benzene rings is 6. The van der Waals surface area contributed by atoms with Crippen LogP contribution in [0.15, 0.2) is 127 Å². The van der Waals surface area contributed by atoms with E-state index >= 15 is 0 Å². The normalized spacial score (nSPS) is 21.0. The van der Waals surface area contributed by atoms with Gasteiger partial charge in [0.25, 0.3) is 0 Å². The summed E-state index contributed by atoms with van der Waals surface area (Å²) in [5.41, 5.74) is 21.4. The quantitative estimate of drug-likeness (QED) is 0.140. The second kappa shape index (κ2) is 18.9. The summed E-state index contributed by atoms with van der Waals surface area (Å²) >= 11 is 0. The van der Waals surface area contributed by atoms with Crippen LogP contribution in [0.1, 0.15) is 224 Å². The first-order valence-electron chi connectivity index (χ1n) is 27.3. The first-order chi connectivity index (χ1) is 32.7. The van der Waals surface area contributed by atoms with Gasteiger partial charge in [0.15, 0.2) is 0 Å². The van der Waals surface area contributed by atoms with Gasteiger partial charge in [-0.15, -0.1) is 0 Å². The zero-order valence-electron chi connectivity index (χ0n) is 41.5. The van der Waals surface area contributed by atoms with E-state index in [0.29, 0.717) is 17.8 Å². The second-order valence-corrected chi connectivity index (χ2v) is 23.1. The molecule has 11 rings (SSSR count). The number of hydrogen-bond donors (Lipinski definition) is 0. The third kappa shape index (κ3) is 8.65. The smallest absolute Gasteiger partial charge is 0.0465 e. The lowest BCUT2D eigenvalue weighted by Crippen LogP contribution is -2.23. The maximum Gasteiger partial charge on any atom is 0.0465 e. The molecule has 1 atom stereocenters. The summed E-state index contributed by atoms with van der Waals surface area (Å²) in [4.78, 5) is 2.55. The average Bonchev–Trinajstić information content (AvgIpc) is 3.65. The van der Waals surface area contributed by atoms with Crippen LogP contribution in [-0.4, -0.2) is 0 Å². The highest BCUT2D eigenvalue weighted by atomic mass is 15.1. The van der Waals surface area contributed by atoms with Gasteiger partial charge in [0.05, 0.1) is 0 Å². The van der Waals surface area contributed by atoms with Crippen molar-refractivity contribution >= 4 is 17.1 Å². The molecule has 0 N–H and O–H groups in total. The van der Waals surface area contributed by atoms with Crippen LogP contribution >= 0.6 is 0 Å². The second-order valence-electron chi connectivity index (χ2n) is 23.1. The third-order valence-electron chi connectivity index (χ3n) is 17.9. The van der Waals surface area contributed by atoms with Gasteiger partial charge >= 0.3 is 0 Å². The molecule has 4 fully saturated rings. The number of fused-ring (bicyclic) bond motifs is 3. The van der Waals surface area contributed by atoms with Gasteiger partial charge in [-0.1, -0.05) is 189 Å². The first-order valence-corrected chi connectivity index (χ1v) is 27.3. The Morgan fingerprint density at radius 1 is 0.418 bits per heavy atom. The molecule has 0 heterocycles. The monoisotopic (exact) mass is 884 g/mol. The van der Waals surface area contributed by atoms with Crippen LogP contribution in [0.4, 0.5) is 17.1 Å². The topological polar surface area (TPSA) is 3.24 Å². The third-order valence-corrected chi connectivity index (χ3v) is 17.9. The SMILES string of the molecule is CC(C)(C)c1ccc(C2(C)c3ccccc3-c3ccc(N(c4ccc(-c5cc(C6CCCCC6)c(C6CCCCC6)c(C6CCCCC6)c5)cc4)c4ccc(C5CCCCC5)cc4)cc32)cc1. The molecule has 5 aliphatic carbocycles. The molecule has 0 aliphatic heterocycles. The summed E-state index contributed by atoms with van der Waals surface area (Å²) in [5.74, 6) is 2.86. The summed E-state index contributed by atoms with van der Waals surface area (Å²) in [6, 6.07) is 51.0. The molecular weight excluding hydrogens is 807 g/mol. The summed E-state index contributed by atoms with van der Waals surface area (Å²) in [6.07, 6.45) is 27.6. The van der Waals surface area contributed by atoms with Crippen LogP contribution in [0.5, 0.6) is 0 Å². The zero-order valence-corrected chi connectivity index (χ0v) is 41.5. The molecule has 5 aliphatic rings. The van der Waals surface area contributed by atoms with Crippen molar-refractivity contribution in [3.05, 3.63) is 172 Å². The predicted octanol–water partition coefficient (Wildman–Crippen LogP) is 19.6. The van der Waals surface area contributed by atoms with E-state index in [1.54, 1.807) is 11.1 Å². The molecule has 67 heavy (non-hydrogen) atoms. The fraction of sp³-hybridized carbons (Fsp3) is 0.455. The molecule has 0 radical (unpaired) electrons. The van der Waals surface area contributed by atoms with Crippen LogP contribution in [0.25, 0.3) is 22.3 Å². The maximum absolute atomic E-state index is 2.72.